The third-order valence-corrected chi connectivity index (χ3v) is 7.80. The minimum absolute atomic E-state index is 0.0792. The van der Waals surface area contributed by atoms with Gasteiger partial charge < -0.3 is 9.64 Å². The predicted molar refractivity (Wildman–Crippen MR) is 113 cm³/mol. The lowest BCUT2D eigenvalue weighted by Gasteiger charge is -2.37. The number of rotatable bonds is 5. The average molecular weight is 453 g/mol. The second kappa shape index (κ2) is 8.13. The smallest absolute Gasteiger partial charge is 0.247 e. The molecule has 1 aromatic rings. The fraction of sp³-hybridized carbons (Fsp3) is 0.571. The quantitative estimate of drug-likeness (QED) is 0.637. The summed E-state index contributed by atoms with van der Waals surface area (Å²) >= 11 is 6.37. The summed E-state index contributed by atoms with van der Waals surface area (Å²) in [4.78, 5) is 27.7. The molecule has 9 heteroatoms. The lowest BCUT2D eigenvalue weighted by atomic mass is 9.95. The second-order valence-electron chi connectivity index (χ2n) is 8.33. The van der Waals surface area contributed by atoms with Crippen molar-refractivity contribution in [2.45, 2.75) is 49.2 Å². The Morgan fingerprint density at radius 2 is 1.90 bits per heavy atom. The van der Waals surface area contributed by atoms with E-state index < -0.39 is 33.6 Å². The number of nitrogens with zero attached hydrogens (tertiary/aromatic N) is 2. The lowest BCUT2D eigenvalue weighted by molar-refractivity contribution is -0.138. The molecule has 1 unspecified atom stereocenters. The summed E-state index contributed by atoms with van der Waals surface area (Å²) in [6.45, 7) is 5.85. The highest BCUT2D eigenvalue weighted by atomic mass is 35.5. The van der Waals surface area contributed by atoms with Crippen LogP contribution in [-0.4, -0.2) is 68.0 Å². The SMILES string of the molecule is [CH]c1ccc(N(C(C(=O)N2C[C@H](Cl)[C@H]3OCC(=O)[C@H]32)C2CCCC2)S(C)(=O)=O)cc1. The molecule has 0 bridgehead atoms. The zero-order valence-corrected chi connectivity index (χ0v) is 18.3. The molecule has 3 aliphatic rings. The summed E-state index contributed by atoms with van der Waals surface area (Å²) < 4.78 is 32.5. The third kappa shape index (κ3) is 3.85. The van der Waals surface area contributed by atoms with Gasteiger partial charge in [0.15, 0.2) is 5.78 Å². The van der Waals surface area contributed by atoms with Crippen LogP contribution in [0, 0.1) is 12.8 Å². The summed E-state index contributed by atoms with van der Waals surface area (Å²) in [5.41, 5.74) is 0.876. The van der Waals surface area contributed by atoms with E-state index in [4.69, 9.17) is 23.3 Å². The number of ketones is 1. The van der Waals surface area contributed by atoms with Gasteiger partial charge in [-0.2, -0.15) is 0 Å². The van der Waals surface area contributed by atoms with E-state index >= 15 is 0 Å². The first-order chi connectivity index (χ1) is 14.2. The van der Waals surface area contributed by atoms with Crippen molar-refractivity contribution in [1.29, 1.82) is 0 Å². The van der Waals surface area contributed by atoms with Gasteiger partial charge >= 0.3 is 0 Å². The summed E-state index contributed by atoms with van der Waals surface area (Å²) in [6.07, 6.45) is 3.90. The van der Waals surface area contributed by atoms with Gasteiger partial charge in [-0.3, -0.25) is 13.9 Å². The van der Waals surface area contributed by atoms with Crippen LogP contribution in [0.1, 0.15) is 31.2 Å². The molecule has 30 heavy (non-hydrogen) atoms. The number of ether oxygens (including phenoxy) is 1. The Labute approximate surface area is 182 Å². The first-order valence-corrected chi connectivity index (χ1v) is 12.4. The maximum Gasteiger partial charge on any atom is 0.247 e. The Balaban J connectivity index is 1.76. The molecule has 1 amide bonds. The molecule has 2 saturated heterocycles. The Hall–Kier alpha value is -1.64. The predicted octanol–water partition coefficient (Wildman–Crippen LogP) is 1.86. The number of Topliss-reactive ketones (excluding diaryl/α,β-unsaturated/α-hetero) is 1. The van der Waals surface area contributed by atoms with Crippen molar-refractivity contribution >= 4 is 39.0 Å². The molecule has 2 heterocycles. The Morgan fingerprint density at radius 1 is 1.27 bits per heavy atom. The minimum atomic E-state index is -3.80. The van der Waals surface area contributed by atoms with E-state index in [0.29, 0.717) is 11.3 Å². The van der Waals surface area contributed by atoms with Crippen molar-refractivity contribution in [1.82, 2.24) is 4.90 Å². The highest BCUT2D eigenvalue weighted by molar-refractivity contribution is 7.92. The molecule has 0 aromatic heterocycles. The van der Waals surface area contributed by atoms with Crippen molar-refractivity contribution in [2.75, 3.05) is 23.7 Å². The Morgan fingerprint density at radius 3 is 2.50 bits per heavy atom. The van der Waals surface area contributed by atoms with Crippen molar-refractivity contribution in [3.63, 3.8) is 0 Å². The number of anilines is 1. The third-order valence-electron chi connectivity index (χ3n) is 6.26. The summed E-state index contributed by atoms with van der Waals surface area (Å²) in [7, 11) is -3.80. The van der Waals surface area contributed by atoms with Gasteiger partial charge in [-0.1, -0.05) is 25.0 Å². The van der Waals surface area contributed by atoms with Crippen LogP contribution in [0.15, 0.2) is 24.3 Å². The largest absolute Gasteiger partial charge is 0.366 e. The molecule has 0 N–H and O–H groups in total. The van der Waals surface area contributed by atoms with Crippen molar-refractivity contribution in [3.8, 4) is 0 Å². The van der Waals surface area contributed by atoms with Gasteiger partial charge in [0.25, 0.3) is 0 Å². The zero-order chi connectivity index (χ0) is 21.6. The van der Waals surface area contributed by atoms with Crippen LogP contribution in [0.25, 0.3) is 0 Å². The number of carbonyl (C=O) groups excluding carboxylic acids is 2. The fourth-order valence-electron chi connectivity index (χ4n) is 4.94. The average Bonchev–Trinajstić information content (AvgIpc) is 3.40. The maximum atomic E-state index is 13.8. The van der Waals surface area contributed by atoms with E-state index in [-0.39, 0.29) is 30.8 Å². The van der Waals surface area contributed by atoms with E-state index in [1.54, 1.807) is 24.3 Å². The number of sulfonamides is 1. The van der Waals surface area contributed by atoms with Gasteiger partial charge in [-0.05, 0) is 43.4 Å². The van der Waals surface area contributed by atoms with E-state index in [1.807, 2.05) is 0 Å². The number of halogens is 1. The van der Waals surface area contributed by atoms with Crippen LogP contribution in [0.3, 0.4) is 0 Å². The van der Waals surface area contributed by atoms with Gasteiger partial charge in [-0.25, -0.2) is 8.42 Å². The summed E-state index contributed by atoms with van der Waals surface area (Å²) in [5.74, 6) is -0.726. The number of likely N-dealkylation sites (tertiary alicyclic amines) is 1. The first-order valence-electron chi connectivity index (χ1n) is 10.1. The van der Waals surface area contributed by atoms with E-state index in [1.165, 1.54) is 9.21 Å². The molecule has 0 spiro atoms. The molecule has 4 atom stereocenters. The number of hydrogen-bond donors (Lipinski definition) is 0. The molecule has 1 aromatic carbocycles. The van der Waals surface area contributed by atoms with E-state index in [2.05, 4.69) is 0 Å². The topological polar surface area (TPSA) is 84.0 Å². The van der Waals surface area contributed by atoms with Crippen molar-refractivity contribution < 1.29 is 22.7 Å². The monoisotopic (exact) mass is 452 g/mol. The molecule has 4 rings (SSSR count). The molecule has 1 saturated carbocycles. The molecule has 1 aliphatic carbocycles. The van der Waals surface area contributed by atoms with Crippen LogP contribution in [0.5, 0.6) is 0 Å². The normalized spacial score (nSPS) is 28.0. The van der Waals surface area contributed by atoms with Gasteiger partial charge in [0.05, 0.1) is 17.3 Å². The van der Waals surface area contributed by atoms with Gasteiger partial charge in [0.1, 0.15) is 24.8 Å². The maximum absolute atomic E-state index is 13.8. The Bertz CT molecular complexity index is 929. The lowest BCUT2D eigenvalue weighted by Crippen LogP contribution is -2.56. The number of amides is 1. The second-order valence-corrected chi connectivity index (χ2v) is 10.8. The number of fused-ring (bicyclic) bond motifs is 1. The minimum Gasteiger partial charge on any atom is -0.366 e. The van der Waals surface area contributed by atoms with Crippen molar-refractivity contribution in [3.05, 3.63) is 36.8 Å². The van der Waals surface area contributed by atoms with E-state index in [0.717, 1.165) is 31.9 Å². The summed E-state index contributed by atoms with van der Waals surface area (Å²) in [6, 6.07) is 4.73. The standard InChI is InChI=1S/C21H25ClN2O5S/c1-13-7-9-15(10-8-13)24(30(2,27)28)18(14-5-3-4-6-14)21(26)23-11-16(22)20-19(23)17(25)12-29-20/h1,7-10,14,16,18-20H,3-6,11-12H2,2H3/t16-,18?,19+,20+/m0/s1. The summed E-state index contributed by atoms with van der Waals surface area (Å²) in [5, 5.41) is -0.502. The number of hydrogen-bond acceptors (Lipinski definition) is 5. The molecule has 162 valence electrons. The highest BCUT2D eigenvalue weighted by Gasteiger charge is 2.54. The van der Waals surface area contributed by atoms with Crippen LogP contribution < -0.4 is 4.31 Å². The molecule has 3 fully saturated rings. The number of alkyl halides is 1. The van der Waals surface area contributed by atoms with Crippen LogP contribution in [0.4, 0.5) is 5.69 Å². The molecular formula is C21H25ClN2O5S. The van der Waals surface area contributed by atoms with E-state index in [9.17, 15) is 18.0 Å². The van der Waals surface area contributed by atoms with Crippen LogP contribution in [-0.2, 0) is 24.3 Å². The van der Waals surface area contributed by atoms with Crippen molar-refractivity contribution in [2.24, 2.45) is 5.92 Å². The van der Waals surface area contributed by atoms with Crippen LogP contribution >= 0.6 is 11.6 Å². The molecule has 2 radical (unpaired) electrons. The molecule has 2 aliphatic heterocycles. The Kier molecular flexibility index (Phi) is 5.85. The van der Waals surface area contributed by atoms with Gasteiger partial charge in [-0.15, -0.1) is 11.6 Å². The van der Waals surface area contributed by atoms with Crippen LogP contribution in [0.2, 0.25) is 0 Å². The zero-order valence-electron chi connectivity index (χ0n) is 16.7. The highest BCUT2D eigenvalue weighted by Crippen LogP contribution is 2.38. The first kappa shape index (κ1) is 21.6. The fourth-order valence-corrected chi connectivity index (χ4v) is 6.48. The molecular weight excluding hydrogens is 428 g/mol. The molecule has 7 nitrogen and oxygen atoms in total. The number of carbonyl (C=O) groups is 2. The number of benzene rings is 1. The van der Waals surface area contributed by atoms with Gasteiger partial charge in [0, 0.05) is 6.54 Å². The van der Waals surface area contributed by atoms with Gasteiger partial charge in [0.2, 0.25) is 15.9 Å².